The molecular formula is C23H24N2O4S. The van der Waals surface area contributed by atoms with Gasteiger partial charge in [0.25, 0.3) is 11.8 Å². The van der Waals surface area contributed by atoms with E-state index in [0.717, 1.165) is 11.1 Å². The molecule has 0 radical (unpaired) electrons. The third-order valence-electron chi connectivity index (χ3n) is 4.60. The Hall–Kier alpha value is -3.19. The largest absolute Gasteiger partial charge is 0.494 e. The molecule has 1 aliphatic rings. The summed E-state index contributed by atoms with van der Waals surface area (Å²) in [5, 5.41) is 2.68. The number of rotatable bonds is 6. The Bertz CT molecular complexity index is 1050. The van der Waals surface area contributed by atoms with E-state index in [-0.39, 0.29) is 10.7 Å². The molecule has 0 unspecified atom stereocenters. The van der Waals surface area contributed by atoms with E-state index >= 15 is 0 Å². The first kappa shape index (κ1) is 21.5. The van der Waals surface area contributed by atoms with Gasteiger partial charge < -0.3 is 9.47 Å². The number of amides is 2. The van der Waals surface area contributed by atoms with Crippen molar-refractivity contribution in [2.45, 2.75) is 27.7 Å². The van der Waals surface area contributed by atoms with Gasteiger partial charge in [-0.2, -0.15) is 0 Å². The Morgan fingerprint density at radius 2 is 1.77 bits per heavy atom. The molecule has 0 aromatic heterocycles. The zero-order chi connectivity index (χ0) is 21.8. The lowest BCUT2D eigenvalue weighted by atomic mass is 10.0. The maximum absolute atomic E-state index is 13.3. The van der Waals surface area contributed by atoms with Crippen molar-refractivity contribution in [2.24, 2.45) is 0 Å². The summed E-state index contributed by atoms with van der Waals surface area (Å²) in [4.78, 5) is 27.3. The molecule has 1 saturated heterocycles. The molecule has 30 heavy (non-hydrogen) atoms. The van der Waals surface area contributed by atoms with Crippen LogP contribution in [-0.4, -0.2) is 30.1 Å². The first-order valence-electron chi connectivity index (χ1n) is 9.74. The molecule has 7 heteroatoms. The van der Waals surface area contributed by atoms with Crippen molar-refractivity contribution >= 4 is 40.9 Å². The number of benzene rings is 2. The topological polar surface area (TPSA) is 67.9 Å². The van der Waals surface area contributed by atoms with Crippen molar-refractivity contribution in [1.82, 2.24) is 5.32 Å². The molecule has 0 saturated carbocycles. The predicted octanol–water partition coefficient (Wildman–Crippen LogP) is 3.93. The molecule has 1 aliphatic heterocycles. The maximum Gasteiger partial charge on any atom is 0.270 e. The highest BCUT2D eigenvalue weighted by Crippen LogP contribution is 2.30. The highest BCUT2D eigenvalue weighted by Gasteiger charge is 2.35. The van der Waals surface area contributed by atoms with Crippen LogP contribution in [0.1, 0.15) is 30.5 Å². The van der Waals surface area contributed by atoms with Crippen LogP contribution in [0.5, 0.6) is 11.5 Å². The van der Waals surface area contributed by atoms with Crippen LogP contribution in [0.3, 0.4) is 0 Å². The zero-order valence-electron chi connectivity index (χ0n) is 17.4. The Labute approximate surface area is 181 Å². The third-order valence-corrected chi connectivity index (χ3v) is 4.89. The van der Waals surface area contributed by atoms with Crippen LogP contribution in [-0.2, 0) is 9.59 Å². The van der Waals surface area contributed by atoms with Crippen molar-refractivity contribution in [1.29, 1.82) is 0 Å². The Kier molecular flexibility index (Phi) is 6.52. The molecule has 1 N–H and O–H groups in total. The lowest BCUT2D eigenvalue weighted by Crippen LogP contribution is -2.54. The molecular weight excluding hydrogens is 400 g/mol. The van der Waals surface area contributed by atoms with Crippen LogP contribution < -0.4 is 19.7 Å². The number of nitrogens with one attached hydrogen (secondary N) is 1. The number of aryl methyl sites for hydroxylation is 2. The van der Waals surface area contributed by atoms with Crippen LogP contribution in [0.15, 0.2) is 42.0 Å². The SMILES string of the molecule is CCOc1ccc(/C=C2\C(=O)NC(=S)N(c3cc(C)ccc3C)C2=O)c(OCC)c1. The van der Waals surface area contributed by atoms with E-state index in [9.17, 15) is 9.59 Å². The molecule has 1 fully saturated rings. The number of thiocarbonyl (C=S) groups is 1. The number of anilines is 1. The van der Waals surface area contributed by atoms with Gasteiger partial charge in [0.1, 0.15) is 17.1 Å². The summed E-state index contributed by atoms with van der Waals surface area (Å²) in [5.74, 6) is 0.167. The third kappa shape index (κ3) is 4.36. The molecule has 1 heterocycles. The summed E-state index contributed by atoms with van der Waals surface area (Å²) in [6.07, 6.45) is 1.53. The fraction of sp³-hybridized carbons (Fsp3) is 0.261. The lowest BCUT2D eigenvalue weighted by Gasteiger charge is -2.30. The number of carbonyl (C=O) groups excluding carboxylic acids is 2. The lowest BCUT2D eigenvalue weighted by molar-refractivity contribution is -0.122. The molecule has 2 amide bonds. The van der Waals surface area contributed by atoms with Crippen molar-refractivity contribution in [3.8, 4) is 11.5 Å². The van der Waals surface area contributed by atoms with Gasteiger partial charge in [0.05, 0.1) is 18.9 Å². The average molecular weight is 425 g/mol. The van der Waals surface area contributed by atoms with Crippen LogP contribution >= 0.6 is 12.2 Å². The molecule has 6 nitrogen and oxygen atoms in total. The second-order valence-corrected chi connectivity index (χ2v) is 7.20. The molecule has 2 aromatic rings. The molecule has 0 aliphatic carbocycles. The van der Waals surface area contributed by atoms with Crippen molar-refractivity contribution in [3.05, 3.63) is 58.7 Å². The van der Waals surface area contributed by atoms with Gasteiger partial charge in [0, 0.05) is 11.6 Å². The minimum atomic E-state index is -0.539. The van der Waals surface area contributed by atoms with Crippen LogP contribution in [0.4, 0.5) is 5.69 Å². The fourth-order valence-corrected chi connectivity index (χ4v) is 3.44. The van der Waals surface area contributed by atoms with E-state index in [2.05, 4.69) is 5.32 Å². The van der Waals surface area contributed by atoms with Crippen LogP contribution in [0.25, 0.3) is 6.08 Å². The van der Waals surface area contributed by atoms with E-state index in [0.29, 0.717) is 36.0 Å². The van der Waals surface area contributed by atoms with Gasteiger partial charge in [-0.25, -0.2) is 0 Å². The van der Waals surface area contributed by atoms with E-state index in [1.807, 2.05) is 45.9 Å². The van der Waals surface area contributed by atoms with Crippen LogP contribution in [0.2, 0.25) is 0 Å². The average Bonchev–Trinajstić information content (AvgIpc) is 2.69. The second-order valence-electron chi connectivity index (χ2n) is 6.81. The number of hydrogen-bond donors (Lipinski definition) is 1. The maximum atomic E-state index is 13.3. The molecule has 156 valence electrons. The van der Waals surface area contributed by atoms with Crippen LogP contribution in [0, 0.1) is 13.8 Å². The fourth-order valence-electron chi connectivity index (χ4n) is 3.16. The van der Waals surface area contributed by atoms with Gasteiger partial charge in [-0.1, -0.05) is 12.1 Å². The summed E-state index contributed by atoms with van der Waals surface area (Å²) in [6, 6.07) is 11.0. The smallest absolute Gasteiger partial charge is 0.270 e. The Morgan fingerprint density at radius 1 is 1.03 bits per heavy atom. The monoisotopic (exact) mass is 424 g/mol. The predicted molar refractivity (Wildman–Crippen MR) is 121 cm³/mol. The van der Waals surface area contributed by atoms with Gasteiger partial charge in [0.2, 0.25) is 0 Å². The summed E-state index contributed by atoms with van der Waals surface area (Å²) in [7, 11) is 0. The van der Waals surface area contributed by atoms with E-state index in [1.54, 1.807) is 18.2 Å². The molecule has 0 bridgehead atoms. The number of hydrogen-bond acceptors (Lipinski definition) is 5. The highest BCUT2D eigenvalue weighted by atomic mass is 32.1. The Morgan fingerprint density at radius 3 is 2.47 bits per heavy atom. The van der Waals surface area contributed by atoms with Gasteiger partial charge >= 0.3 is 0 Å². The van der Waals surface area contributed by atoms with Gasteiger partial charge in [-0.15, -0.1) is 0 Å². The number of nitrogens with zero attached hydrogens (tertiary/aromatic N) is 1. The molecule has 2 aromatic carbocycles. The highest BCUT2D eigenvalue weighted by molar-refractivity contribution is 7.80. The van der Waals surface area contributed by atoms with E-state index in [4.69, 9.17) is 21.7 Å². The van der Waals surface area contributed by atoms with Gasteiger partial charge in [0.15, 0.2) is 5.11 Å². The summed E-state index contributed by atoms with van der Waals surface area (Å²) in [5.41, 5.74) is 3.09. The first-order valence-corrected chi connectivity index (χ1v) is 10.1. The minimum absolute atomic E-state index is 0.0189. The normalized spacial score (nSPS) is 15.4. The van der Waals surface area contributed by atoms with Crippen molar-refractivity contribution in [2.75, 3.05) is 18.1 Å². The second kappa shape index (κ2) is 9.09. The molecule has 0 atom stereocenters. The Balaban J connectivity index is 2.05. The summed E-state index contributed by atoms with van der Waals surface area (Å²) < 4.78 is 11.2. The number of carbonyl (C=O) groups is 2. The summed E-state index contributed by atoms with van der Waals surface area (Å²) >= 11 is 5.30. The minimum Gasteiger partial charge on any atom is -0.494 e. The zero-order valence-corrected chi connectivity index (χ0v) is 18.3. The first-order chi connectivity index (χ1) is 14.3. The quantitative estimate of drug-likeness (QED) is 0.432. The number of ether oxygens (including phenoxy) is 2. The standard InChI is InChI=1S/C23H24N2O4S/c1-5-28-17-10-9-16(20(13-17)29-6-2)12-18-21(26)24-23(30)25(22(18)27)19-11-14(3)7-8-15(19)4/h7-13H,5-6H2,1-4H3,(H,24,26,30)/b18-12+. The molecule has 3 rings (SSSR count). The molecule has 0 spiro atoms. The van der Waals surface area contributed by atoms with E-state index in [1.165, 1.54) is 11.0 Å². The van der Waals surface area contributed by atoms with Gasteiger partial charge in [-0.05, 0) is 75.3 Å². The van der Waals surface area contributed by atoms with Gasteiger partial charge in [-0.3, -0.25) is 19.8 Å². The van der Waals surface area contributed by atoms with Crippen molar-refractivity contribution < 1.29 is 19.1 Å². The van der Waals surface area contributed by atoms with E-state index < -0.39 is 11.8 Å². The summed E-state index contributed by atoms with van der Waals surface area (Å²) in [6.45, 7) is 8.54. The van der Waals surface area contributed by atoms with Crippen molar-refractivity contribution in [3.63, 3.8) is 0 Å².